The molecule has 0 fully saturated rings. The van der Waals surface area contributed by atoms with Crippen molar-refractivity contribution in [1.82, 2.24) is 0 Å². The Bertz CT molecular complexity index is 327. The number of carbonyl (C=O) groups is 1. The molecule has 0 aromatic heterocycles. The molecule has 1 aromatic rings. The van der Waals surface area contributed by atoms with Gasteiger partial charge in [0.15, 0.2) is 0 Å². The summed E-state index contributed by atoms with van der Waals surface area (Å²) in [6.07, 6.45) is 3.81. The van der Waals surface area contributed by atoms with E-state index in [9.17, 15) is 4.79 Å². The summed E-state index contributed by atoms with van der Waals surface area (Å²) in [4.78, 5) is 12.2. The van der Waals surface area contributed by atoms with Crippen LogP contribution in [0.15, 0.2) is 30.3 Å². The highest BCUT2D eigenvalue weighted by atomic mass is 16.1. The van der Waals surface area contributed by atoms with E-state index in [-0.39, 0.29) is 5.92 Å². The molecule has 0 spiro atoms. The Hall–Kier alpha value is -1.11. The van der Waals surface area contributed by atoms with Crippen LogP contribution < -0.4 is 0 Å². The molecule has 1 rings (SSSR count). The predicted octanol–water partition coefficient (Wildman–Crippen LogP) is 4.58. The highest BCUT2D eigenvalue weighted by Crippen LogP contribution is 2.23. The van der Waals surface area contributed by atoms with E-state index in [1.54, 1.807) is 0 Å². The molecule has 0 amide bonds. The minimum atomic E-state index is 0.100. The van der Waals surface area contributed by atoms with Gasteiger partial charge in [0.2, 0.25) is 0 Å². The molecule has 0 aliphatic carbocycles. The monoisotopic (exact) mass is 232 g/mol. The topological polar surface area (TPSA) is 17.1 Å². The summed E-state index contributed by atoms with van der Waals surface area (Å²) in [5.74, 6) is 1.20. The largest absolute Gasteiger partial charge is 0.299 e. The fourth-order valence-electron chi connectivity index (χ4n) is 2.19. The third kappa shape index (κ3) is 4.72. The first-order chi connectivity index (χ1) is 8.15. The summed E-state index contributed by atoms with van der Waals surface area (Å²) >= 11 is 0. The van der Waals surface area contributed by atoms with Crippen molar-refractivity contribution in [2.45, 2.75) is 52.4 Å². The quantitative estimate of drug-likeness (QED) is 0.672. The highest BCUT2D eigenvalue weighted by Gasteiger charge is 2.17. The van der Waals surface area contributed by atoms with Gasteiger partial charge < -0.3 is 0 Å². The van der Waals surface area contributed by atoms with Crippen LogP contribution in [0.25, 0.3) is 0 Å². The molecule has 1 unspecified atom stereocenters. The van der Waals surface area contributed by atoms with Crippen molar-refractivity contribution in [2.24, 2.45) is 5.92 Å². The van der Waals surface area contributed by atoms with Crippen molar-refractivity contribution in [1.29, 1.82) is 0 Å². The van der Waals surface area contributed by atoms with Gasteiger partial charge in [0.05, 0.1) is 0 Å². The molecule has 0 aliphatic heterocycles. The number of Topliss-reactive ketones (excluding diaryl/α,β-unsaturated/α-hetero) is 1. The number of benzene rings is 1. The first-order valence-electron chi connectivity index (χ1n) is 6.72. The lowest BCUT2D eigenvalue weighted by Gasteiger charge is -2.14. The van der Waals surface area contributed by atoms with Gasteiger partial charge in [0, 0.05) is 12.3 Å². The van der Waals surface area contributed by atoms with Gasteiger partial charge in [0.1, 0.15) is 5.78 Å². The molecule has 94 valence electrons. The lowest BCUT2D eigenvalue weighted by Crippen LogP contribution is -2.11. The van der Waals surface area contributed by atoms with Crippen LogP contribution in [0.3, 0.4) is 0 Å². The molecular formula is C16H24O. The van der Waals surface area contributed by atoms with Crippen LogP contribution in [0.1, 0.15) is 57.9 Å². The first-order valence-corrected chi connectivity index (χ1v) is 6.72. The summed E-state index contributed by atoms with van der Waals surface area (Å²) in [6, 6.07) is 10.2. The molecule has 1 heteroatoms. The molecule has 0 aliphatic rings. The van der Waals surface area contributed by atoms with E-state index in [1.807, 2.05) is 18.2 Å². The maximum absolute atomic E-state index is 12.2. The fraction of sp³-hybridized carbons (Fsp3) is 0.562. The van der Waals surface area contributed by atoms with Crippen molar-refractivity contribution < 1.29 is 4.79 Å². The standard InChI is InChI=1S/C16H24O/c1-4-15(14-10-6-5-7-11-14)16(17)12-8-9-13(2)3/h5-7,10-11,13,15H,4,8-9,12H2,1-3H3. The summed E-state index contributed by atoms with van der Waals surface area (Å²) in [5, 5.41) is 0. The van der Waals surface area contributed by atoms with Crippen LogP contribution >= 0.6 is 0 Å². The summed E-state index contributed by atoms with van der Waals surface area (Å²) in [5.41, 5.74) is 1.17. The van der Waals surface area contributed by atoms with Gasteiger partial charge in [-0.2, -0.15) is 0 Å². The Morgan fingerprint density at radius 2 is 1.82 bits per heavy atom. The Balaban J connectivity index is 2.53. The number of hydrogen-bond donors (Lipinski definition) is 0. The van der Waals surface area contributed by atoms with Gasteiger partial charge in [0.25, 0.3) is 0 Å². The second kappa shape index (κ2) is 7.26. The second-order valence-corrected chi connectivity index (χ2v) is 5.12. The zero-order chi connectivity index (χ0) is 12.7. The third-order valence-corrected chi connectivity index (χ3v) is 3.20. The Morgan fingerprint density at radius 1 is 1.18 bits per heavy atom. The molecule has 17 heavy (non-hydrogen) atoms. The molecule has 0 heterocycles. The number of carbonyl (C=O) groups excluding carboxylic acids is 1. The van der Waals surface area contributed by atoms with Crippen LogP contribution in [0.5, 0.6) is 0 Å². The van der Waals surface area contributed by atoms with Gasteiger partial charge in [-0.05, 0) is 24.3 Å². The van der Waals surface area contributed by atoms with Crippen LogP contribution in [0.4, 0.5) is 0 Å². The Labute approximate surface area is 105 Å². The number of ketones is 1. The summed E-state index contributed by atoms with van der Waals surface area (Å²) in [7, 11) is 0. The fourth-order valence-corrected chi connectivity index (χ4v) is 2.19. The molecule has 1 aromatic carbocycles. The average molecular weight is 232 g/mol. The molecule has 0 saturated heterocycles. The van der Waals surface area contributed by atoms with Crippen molar-refractivity contribution in [3.63, 3.8) is 0 Å². The second-order valence-electron chi connectivity index (χ2n) is 5.12. The zero-order valence-electron chi connectivity index (χ0n) is 11.3. The van der Waals surface area contributed by atoms with Gasteiger partial charge in [-0.25, -0.2) is 0 Å². The van der Waals surface area contributed by atoms with Crippen LogP contribution in [-0.4, -0.2) is 5.78 Å². The van der Waals surface area contributed by atoms with Crippen molar-refractivity contribution in [3.05, 3.63) is 35.9 Å². The van der Waals surface area contributed by atoms with Gasteiger partial charge in [-0.3, -0.25) is 4.79 Å². The minimum Gasteiger partial charge on any atom is -0.299 e. The van der Waals surface area contributed by atoms with E-state index in [4.69, 9.17) is 0 Å². The molecular weight excluding hydrogens is 208 g/mol. The van der Waals surface area contributed by atoms with E-state index < -0.39 is 0 Å². The molecule has 0 saturated carbocycles. The van der Waals surface area contributed by atoms with Gasteiger partial charge >= 0.3 is 0 Å². The summed E-state index contributed by atoms with van der Waals surface area (Å²) in [6.45, 7) is 6.51. The number of hydrogen-bond acceptors (Lipinski definition) is 1. The third-order valence-electron chi connectivity index (χ3n) is 3.20. The maximum atomic E-state index is 12.2. The maximum Gasteiger partial charge on any atom is 0.140 e. The van der Waals surface area contributed by atoms with Crippen LogP contribution in [0.2, 0.25) is 0 Å². The molecule has 0 N–H and O–H groups in total. The normalized spacial score (nSPS) is 12.7. The van der Waals surface area contributed by atoms with Crippen LogP contribution in [0, 0.1) is 5.92 Å². The SMILES string of the molecule is CCC(C(=O)CCCC(C)C)c1ccccc1. The Kier molecular flexibility index (Phi) is 5.96. The van der Waals surface area contributed by atoms with Crippen molar-refractivity contribution in [3.8, 4) is 0 Å². The van der Waals surface area contributed by atoms with E-state index in [0.29, 0.717) is 11.7 Å². The molecule has 1 nitrogen and oxygen atoms in total. The zero-order valence-corrected chi connectivity index (χ0v) is 11.3. The first kappa shape index (κ1) is 14.0. The van der Waals surface area contributed by atoms with E-state index in [0.717, 1.165) is 25.7 Å². The molecule has 0 radical (unpaired) electrons. The van der Waals surface area contributed by atoms with Crippen molar-refractivity contribution >= 4 is 5.78 Å². The molecule has 1 atom stereocenters. The van der Waals surface area contributed by atoms with E-state index in [2.05, 4.69) is 32.9 Å². The predicted molar refractivity (Wildman–Crippen MR) is 73.2 cm³/mol. The van der Waals surface area contributed by atoms with Crippen LogP contribution in [-0.2, 0) is 4.79 Å². The van der Waals surface area contributed by atoms with E-state index >= 15 is 0 Å². The van der Waals surface area contributed by atoms with Crippen molar-refractivity contribution in [2.75, 3.05) is 0 Å². The van der Waals surface area contributed by atoms with Gasteiger partial charge in [-0.15, -0.1) is 0 Å². The lowest BCUT2D eigenvalue weighted by atomic mass is 9.89. The highest BCUT2D eigenvalue weighted by molar-refractivity contribution is 5.85. The number of rotatable bonds is 7. The van der Waals surface area contributed by atoms with Gasteiger partial charge in [-0.1, -0.05) is 57.5 Å². The Morgan fingerprint density at radius 3 is 2.35 bits per heavy atom. The molecule has 0 bridgehead atoms. The average Bonchev–Trinajstić information content (AvgIpc) is 2.31. The van der Waals surface area contributed by atoms with E-state index in [1.165, 1.54) is 5.56 Å². The minimum absolute atomic E-state index is 0.100. The lowest BCUT2D eigenvalue weighted by molar-refractivity contribution is -0.120. The smallest absolute Gasteiger partial charge is 0.140 e. The summed E-state index contributed by atoms with van der Waals surface area (Å²) < 4.78 is 0.